The number of hydrogen-bond donors (Lipinski definition) is 2. The molecular weight excluding hydrogens is 587 g/mol. The quantitative estimate of drug-likeness (QED) is 0.138. The lowest BCUT2D eigenvalue weighted by Gasteiger charge is -2.25. The zero-order chi connectivity index (χ0) is 30.3. The maximum absolute atomic E-state index is 13.8. The summed E-state index contributed by atoms with van der Waals surface area (Å²) in [6.45, 7) is 0. The van der Waals surface area contributed by atoms with Crippen LogP contribution in [0, 0.1) is 0 Å². The second kappa shape index (κ2) is 13.6. The zero-order valence-electron chi connectivity index (χ0n) is 23.7. The molecule has 3 amide bonds. The van der Waals surface area contributed by atoms with Crippen LogP contribution in [0.5, 0.6) is 0 Å². The number of amides is 3. The van der Waals surface area contributed by atoms with Crippen molar-refractivity contribution >= 4 is 64.0 Å². The second-order valence-corrected chi connectivity index (χ2v) is 12.0. The van der Waals surface area contributed by atoms with Crippen molar-refractivity contribution in [1.82, 2.24) is 5.32 Å². The molecule has 218 valence electrons. The third-order valence-electron chi connectivity index (χ3n) is 7.22. The van der Waals surface area contributed by atoms with E-state index in [9.17, 15) is 14.4 Å². The second-order valence-electron chi connectivity index (χ2n) is 10.2. The molecule has 0 saturated heterocycles. The van der Waals surface area contributed by atoms with Gasteiger partial charge in [0.2, 0.25) is 5.91 Å². The topological polar surface area (TPSA) is 78.5 Å². The van der Waals surface area contributed by atoms with E-state index in [4.69, 9.17) is 0 Å². The summed E-state index contributed by atoms with van der Waals surface area (Å²) in [5, 5.41) is 9.48. The van der Waals surface area contributed by atoms with Crippen molar-refractivity contribution in [3.63, 3.8) is 0 Å². The third-order valence-corrected chi connectivity index (χ3v) is 8.90. The van der Waals surface area contributed by atoms with Crippen LogP contribution in [0.3, 0.4) is 0 Å². The number of fused-ring (bicyclic) bond motifs is 2. The van der Waals surface area contributed by atoms with Crippen molar-refractivity contribution < 1.29 is 14.4 Å². The molecule has 0 atom stereocenters. The first kappa shape index (κ1) is 29.2. The van der Waals surface area contributed by atoms with Gasteiger partial charge in [-0.1, -0.05) is 60.7 Å². The average Bonchev–Trinajstić information content (AvgIpc) is 3.51. The van der Waals surface area contributed by atoms with Gasteiger partial charge >= 0.3 is 0 Å². The SMILES string of the molecule is O=C(Nc1cccc(SCC(=O)N2c3ccccc3CCc3ccccc32)c1)/C(=C/c1ccsc1)NC(=O)c1ccccc1. The summed E-state index contributed by atoms with van der Waals surface area (Å²) in [6.07, 6.45) is 3.40. The summed E-state index contributed by atoms with van der Waals surface area (Å²) >= 11 is 2.92. The van der Waals surface area contributed by atoms with Crippen molar-refractivity contribution in [2.24, 2.45) is 0 Å². The van der Waals surface area contributed by atoms with Gasteiger partial charge in [0.25, 0.3) is 11.8 Å². The molecule has 0 unspecified atom stereocenters. The molecule has 1 aliphatic rings. The summed E-state index contributed by atoms with van der Waals surface area (Å²) in [5.41, 5.74) is 6.10. The van der Waals surface area contributed by atoms with E-state index in [1.54, 1.807) is 36.4 Å². The molecular formula is C36H29N3O3S2. The zero-order valence-corrected chi connectivity index (χ0v) is 25.4. The van der Waals surface area contributed by atoms with E-state index in [2.05, 4.69) is 22.8 Å². The molecule has 44 heavy (non-hydrogen) atoms. The van der Waals surface area contributed by atoms with Gasteiger partial charge in [0.1, 0.15) is 5.70 Å². The number of para-hydroxylation sites is 2. The summed E-state index contributed by atoms with van der Waals surface area (Å²) in [4.78, 5) is 42.7. The molecule has 2 N–H and O–H groups in total. The van der Waals surface area contributed by atoms with E-state index in [1.165, 1.54) is 23.1 Å². The van der Waals surface area contributed by atoms with Crippen LogP contribution in [0.4, 0.5) is 17.1 Å². The van der Waals surface area contributed by atoms with Gasteiger partial charge in [-0.3, -0.25) is 19.3 Å². The van der Waals surface area contributed by atoms with Crippen LogP contribution in [0.2, 0.25) is 0 Å². The monoisotopic (exact) mass is 615 g/mol. The van der Waals surface area contributed by atoms with Crippen molar-refractivity contribution in [2.45, 2.75) is 17.7 Å². The molecule has 0 aliphatic carbocycles. The standard InChI is InChI=1S/C36H29N3O3S2/c40-34(39-32-15-6-4-9-26(32)17-18-27-10-5-7-16-33(27)39)24-44-30-14-8-13-29(22-30)37-36(42)31(21-25-19-20-43-23-25)38-35(41)28-11-2-1-3-12-28/h1-16,19-23H,17-18,24H2,(H,37,42)(H,38,41)/b31-21-. The van der Waals surface area contributed by atoms with E-state index in [0.29, 0.717) is 11.3 Å². The lowest BCUT2D eigenvalue weighted by atomic mass is 10.0. The number of nitrogens with zero attached hydrogens (tertiary/aromatic N) is 1. The Morgan fingerprint density at radius 3 is 2.16 bits per heavy atom. The van der Waals surface area contributed by atoms with Crippen molar-refractivity contribution in [3.05, 3.63) is 148 Å². The van der Waals surface area contributed by atoms with Crippen LogP contribution in [-0.4, -0.2) is 23.5 Å². The molecule has 1 aliphatic heterocycles. The number of nitrogens with one attached hydrogen (secondary N) is 2. The Labute approximate surface area is 264 Å². The maximum Gasteiger partial charge on any atom is 0.272 e. The highest BCUT2D eigenvalue weighted by molar-refractivity contribution is 8.00. The summed E-state index contributed by atoms with van der Waals surface area (Å²) < 4.78 is 0. The molecule has 6 nitrogen and oxygen atoms in total. The first-order chi connectivity index (χ1) is 21.5. The largest absolute Gasteiger partial charge is 0.321 e. The molecule has 0 radical (unpaired) electrons. The number of benzene rings is 4. The minimum absolute atomic E-state index is 0.0177. The van der Waals surface area contributed by atoms with Crippen LogP contribution >= 0.6 is 23.1 Å². The molecule has 2 heterocycles. The highest BCUT2D eigenvalue weighted by Crippen LogP contribution is 2.37. The highest BCUT2D eigenvalue weighted by Gasteiger charge is 2.25. The number of rotatable bonds is 8. The molecule has 0 saturated carbocycles. The number of carbonyl (C=O) groups is 3. The van der Waals surface area contributed by atoms with Crippen LogP contribution in [0.25, 0.3) is 6.08 Å². The van der Waals surface area contributed by atoms with Crippen LogP contribution in [0.15, 0.2) is 131 Å². The number of anilines is 3. The lowest BCUT2D eigenvalue weighted by molar-refractivity contribution is -0.115. The third kappa shape index (κ3) is 6.83. The van der Waals surface area contributed by atoms with Crippen LogP contribution in [-0.2, 0) is 22.4 Å². The lowest BCUT2D eigenvalue weighted by Crippen LogP contribution is -2.30. The van der Waals surface area contributed by atoms with Crippen molar-refractivity contribution in [2.75, 3.05) is 16.0 Å². The number of aryl methyl sites for hydroxylation is 2. The van der Waals surface area contributed by atoms with Gasteiger partial charge in [0, 0.05) is 16.1 Å². The van der Waals surface area contributed by atoms with Gasteiger partial charge in [-0.25, -0.2) is 0 Å². The Morgan fingerprint density at radius 2 is 1.48 bits per heavy atom. The minimum atomic E-state index is -0.448. The van der Waals surface area contributed by atoms with Gasteiger partial charge in [-0.05, 0) is 94.9 Å². The number of carbonyl (C=O) groups excluding carboxylic acids is 3. The number of thiophene rings is 1. The van der Waals surface area contributed by atoms with Crippen LogP contribution in [0.1, 0.15) is 27.0 Å². The minimum Gasteiger partial charge on any atom is -0.321 e. The first-order valence-electron chi connectivity index (χ1n) is 14.2. The van der Waals surface area contributed by atoms with E-state index in [1.807, 2.05) is 82.4 Å². The normalized spacial score (nSPS) is 12.5. The van der Waals surface area contributed by atoms with Gasteiger partial charge in [0.15, 0.2) is 0 Å². The van der Waals surface area contributed by atoms with Gasteiger partial charge in [-0.15, -0.1) is 11.8 Å². The summed E-state index contributed by atoms with van der Waals surface area (Å²) in [6, 6.07) is 34.2. The van der Waals surface area contributed by atoms with E-state index >= 15 is 0 Å². The predicted molar refractivity (Wildman–Crippen MR) is 179 cm³/mol. The fourth-order valence-electron chi connectivity index (χ4n) is 5.09. The Hall–Kier alpha value is -4.92. The smallest absolute Gasteiger partial charge is 0.272 e. The predicted octanol–water partition coefficient (Wildman–Crippen LogP) is 7.71. The van der Waals surface area contributed by atoms with Crippen molar-refractivity contribution in [3.8, 4) is 0 Å². The molecule has 8 heteroatoms. The molecule has 0 bridgehead atoms. The Kier molecular flexibility index (Phi) is 9.01. The summed E-state index contributed by atoms with van der Waals surface area (Å²) in [7, 11) is 0. The van der Waals surface area contributed by atoms with Crippen LogP contribution < -0.4 is 15.5 Å². The Balaban J connectivity index is 1.17. The fraction of sp³-hybridized carbons (Fsp3) is 0.0833. The van der Waals surface area contributed by atoms with E-state index in [-0.39, 0.29) is 23.3 Å². The van der Waals surface area contributed by atoms with Crippen molar-refractivity contribution in [1.29, 1.82) is 0 Å². The number of hydrogen-bond acceptors (Lipinski definition) is 5. The summed E-state index contributed by atoms with van der Waals surface area (Å²) in [5.74, 6) is -0.620. The highest BCUT2D eigenvalue weighted by atomic mass is 32.2. The number of thioether (sulfide) groups is 1. The van der Waals surface area contributed by atoms with Gasteiger partial charge < -0.3 is 10.6 Å². The van der Waals surface area contributed by atoms with Gasteiger partial charge in [-0.2, -0.15) is 11.3 Å². The molecule has 6 rings (SSSR count). The molecule has 0 fully saturated rings. The van der Waals surface area contributed by atoms with E-state index in [0.717, 1.165) is 45.8 Å². The molecule has 0 spiro atoms. The maximum atomic E-state index is 13.8. The fourth-order valence-corrected chi connectivity index (χ4v) is 6.51. The Bertz CT molecular complexity index is 1790. The first-order valence-corrected chi connectivity index (χ1v) is 16.1. The molecule has 1 aromatic heterocycles. The average molecular weight is 616 g/mol. The molecule has 5 aromatic rings. The van der Waals surface area contributed by atoms with Gasteiger partial charge in [0.05, 0.1) is 17.1 Å². The Morgan fingerprint density at radius 1 is 0.795 bits per heavy atom. The van der Waals surface area contributed by atoms with E-state index < -0.39 is 5.91 Å². The molecule has 4 aromatic carbocycles.